The number of aliphatic hydroxyl groups is 1. The van der Waals surface area contributed by atoms with Crippen molar-refractivity contribution in [2.24, 2.45) is 4.99 Å². The molecule has 2 rings (SSSR count). The first-order chi connectivity index (χ1) is 11.6. The highest BCUT2D eigenvalue weighted by Crippen LogP contribution is 2.12. The molecule has 0 fully saturated rings. The first-order valence-electron chi connectivity index (χ1n) is 8.10. The average molecular weight is 457 g/mol. The van der Waals surface area contributed by atoms with E-state index in [1.807, 2.05) is 19.1 Å². The third kappa shape index (κ3) is 6.99. The van der Waals surface area contributed by atoms with Gasteiger partial charge < -0.3 is 15.7 Å². The van der Waals surface area contributed by atoms with Gasteiger partial charge in [-0.3, -0.25) is 0 Å². The summed E-state index contributed by atoms with van der Waals surface area (Å²) in [7, 11) is 0. The van der Waals surface area contributed by atoms with Gasteiger partial charge in [-0.25, -0.2) is 9.38 Å². The maximum absolute atomic E-state index is 12.9. The van der Waals surface area contributed by atoms with Crippen molar-refractivity contribution < 1.29 is 9.50 Å². The minimum atomic E-state index is -0.729. The molecule has 0 aliphatic heterocycles. The second kappa shape index (κ2) is 11.0. The van der Waals surface area contributed by atoms with Crippen LogP contribution in [0, 0.1) is 12.7 Å². The lowest BCUT2D eigenvalue weighted by Gasteiger charge is -2.15. The molecule has 0 aliphatic carbocycles. The summed E-state index contributed by atoms with van der Waals surface area (Å²) in [5.74, 6) is 0.328. The monoisotopic (exact) mass is 457 g/mol. The summed E-state index contributed by atoms with van der Waals surface area (Å²) in [6.45, 7) is 5.64. The van der Waals surface area contributed by atoms with Crippen LogP contribution in [0.15, 0.2) is 53.5 Å². The summed E-state index contributed by atoms with van der Waals surface area (Å²) >= 11 is 0. The minimum Gasteiger partial charge on any atom is -0.387 e. The number of hydrogen-bond donors (Lipinski definition) is 3. The predicted octanol–water partition coefficient (Wildman–Crippen LogP) is 3.54. The molecule has 0 spiro atoms. The Hall–Kier alpha value is -1.67. The largest absolute Gasteiger partial charge is 0.387 e. The number of aliphatic imine (C=N–C) groups is 1. The van der Waals surface area contributed by atoms with Crippen molar-refractivity contribution in [1.82, 2.24) is 10.6 Å². The molecule has 2 aromatic rings. The van der Waals surface area contributed by atoms with Gasteiger partial charge in [0.1, 0.15) is 5.82 Å². The van der Waals surface area contributed by atoms with E-state index in [0.29, 0.717) is 24.6 Å². The van der Waals surface area contributed by atoms with Gasteiger partial charge in [-0.1, -0.05) is 36.4 Å². The van der Waals surface area contributed by atoms with Gasteiger partial charge in [-0.2, -0.15) is 0 Å². The number of nitrogens with zero attached hydrogens (tertiary/aromatic N) is 1. The third-order valence-electron chi connectivity index (χ3n) is 3.73. The quantitative estimate of drug-likeness (QED) is 0.354. The lowest BCUT2D eigenvalue weighted by atomic mass is 10.1. The van der Waals surface area contributed by atoms with Crippen molar-refractivity contribution >= 4 is 29.9 Å². The Morgan fingerprint density at radius 1 is 1.12 bits per heavy atom. The van der Waals surface area contributed by atoms with Crippen molar-refractivity contribution in [3.8, 4) is 0 Å². The zero-order valence-corrected chi connectivity index (χ0v) is 16.8. The number of benzene rings is 2. The molecule has 1 unspecified atom stereocenters. The lowest BCUT2D eigenvalue weighted by molar-refractivity contribution is 0.180. The van der Waals surface area contributed by atoms with E-state index in [1.165, 1.54) is 17.7 Å². The van der Waals surface area contributed by atoms with Crippen molar-refractivity contribution in [1.29, 1.82) is 0 Å². The maximum atomic E-state index is 12.9. The standard InChI is InChI=1S/C19H24FN3O.HI/c1-3-21-19(22-12-16-7-5-4-6-14(16)2)23-13-18(24)15-8-10-17(20)11-9-15;/h4-11,18,24H,3,12-13H2,1-2H3,(H2,21,22,23);1H. The van der Waals surface area contributed by atoms with Gasteiger partial charge in [0.15, 0.2) is 5.96 Å². The fourth-order valence-corrected chi connectivity index (χ4v) is 2.29. The Bertz CT molecular complexity index is 677. The highest BCUT2D eigenvalue weighted by atomic mass is 127. The van der Waals surface area contributed by atoms with Crippen molar-refractivity contribution in [2.75, 3.05) is 13.1 Å². The van der Waals surface area contributed by atoms with Crippen LogP contribution in [0.25, 0.3) is 0 Å². The molecule has 0 bridgehead atoms. The van der Waals surface area contributed by atoms with Crippen molar-refractivity contribution in [3.63, 3.8) is 0 Å². The molecule has 0 heterocycles. The number of guanidine groups is 1. The van der Waals surface area contributed by atoms with Crippen LogP contribution in [0.5, 0.6) is 0 Å². The summed E-state index contributed by atoms with van der Waals surface area (Å²) in [5.41, 5.74) is 3.02. The summed E-state index contributed by atoms with van der Waals surface area (Å²) in [4.78, 5) is 4.55. The Morgan fingerprint density at radius 2 is 1.80 bits per heavy atom. The smallest absolute Gasteiger partial charge is 0.191 e. The fraction of sp³-hybridized carbons (Fsp3) is 0.316. The minimum absolute atomic E-state index is 0. The van der Waals surface area contributed by atoms with Crippen LogP contribution < -0.4 is 10.6 Å². The van der Waals surface area contributed by atoms with Crippen LogP contribution in [0.4, 0.5) is 4.39 Å². The van der Waals surface area contributed by atoms with E-state index in [9.17, 15) is 9.50 Å². The Labute approximate surface area is 165 Å². The van der Waals surface area contributed by atoms with Crippen LogP contribution in [0.2, 0.25) is 0 Å². The predicted molar refractivity (Wildman–Crippen MR) is 111 cm³/mol. The molecular weight excluding hydrogens is 432 g/mol. The zero-order valence-electron chi connectivity index (χ0n) is 14.5. The second-order valence-corrected chi connectivity index (χ2v) is 5.57. The number of aryl methyl sites for hydroxylation is 1. The van der Waals surface area contributed by atoms with Gasteiger partial charge in [0, 0.05) is 13.1 Å². The fourth-order valence-electron chi connectivity index (χ4n) is 2.29. The lowest BCUT2D eigenvalue weighted by Crippen LogP contribution is -2.39. The summed E-state index contributed by atoms with van der Waals surface area (Å²) in [6.07, 6.45) is -0.729. The van der Waals surface area contributed by atoms with Crippen molar-refractivity contribution in [3.05, 3.63) is 71.0 Å². The van der Waals surface area contributed by atoms with Crippen LogP contribution in [0.3, 0.4) is 0 Å². The molecule has 4 nitrogen and oxygen atoms in total. The van der Waals surface area contributed by atoms with Crippen LogP contribution in [0.1, 0.15) is 29.7 Å². The Balaban J connectivity index is 0.00000312. The summed E-state index contributed by atoms with van der Waals surface area (Å²) < 4.78 is 12.9. The van der Waals surface area contributed by atoms with Gasteiger partial charge in [-0.05, 0) is 42.7 Å². The normalized spacial score (nSPS) is 12.2. The molecule has 3 N–H and O–H groups in total. The number of rotatable bonds is 6. The van der Waals surface area contributed by atoms with E-state index in [-0.39, 0.29) is 29.8 Å². The highest BCUT2D eigenvalue weighted by molar-refractivity contribution is 14.0. The van der Waals surface area contributed by atoms with Gasteiger partial charge in [-0.15, -0.1) is 24.0 Å². The number of aliphatic hydroxyl groups excluding tert-OH is 1. The van der Waals surface area contributed by atoms with E-state index in [1.54, 1.807) is 12.1 Å². The first kappa shape index (κ1) is 21.4. The maximum Gasteiger partial charge on any atom is 0.191 e. The molecule has 0 amide bonds. The molecule has 0 aromatic heterocycles. The molecule has 0 radical (unpaired) electrons. The number of hydrogen-bond acceptors (Lipinski definition) is 2. The SMILES string of the molecule is CCNC(=NCc1ccccc1C)NCC(O)c1ccc(F)cc1.I. The molecular formula is C19H25FIN3O. The zero-order chi connectivity index (χ0) is 17.4. The van der Waals surface area contributed by atoms with Crippen LogP contribution in [-0.4, -0.2) is 24.2 Å². The van der Waals surface area contributed by atoms with Crippen LogP contribution in [-0.2, 0) is 6.54 Å². The van der Waals surface area contributed by atoms with Crippen molar-refractivity contribution in [2.45, 2.75) is 26.5 Å². The third-order valence-corrected chi connectivity index (χ3v) is 3.73. The molecule has 0 saturated heterocycles. The summed E-state index contributed by atoms with van der Waals surface area (Å²) in [5, 5.41) is 16.5. The highest BCUT2D eigenvalue weighted by Gasteiger charge is 2.08. The second-order valence-electron chi connectivity index (χ2n) is 5.57. The first-order valence-corrected chi connectivity index (χ1v) is 8.10. The molecule has 0 aliphatic rings. The van der Waals surface area contributed by atoms with E-state index in [2.05, 4.69) is 34.7 Å². The van der Waals surface area contributed by atoms with Gasteiger partial charge >= 0.3 is 0 Å². The van der Waals surface area contributed by atoms with E-state index in [0.717, 1.165) is 12.1 Å². The van der Waals surface area contributed by atoms with E-state index < -0.39 is 6.10 Å². The number of nitrogens with one attached hydrogen (secondary N) is 2. The molecule has 6 heteroatoms. The molecule has 0 saturated carbocycles. The van der Waals surface area contributed by atoms with Gasteiger partial charge in [0.25, 0.3) is 0 Å². The van der Waals surface area contributed by atoms with Gasteiger partial charge in [0.05, 0.1) is 12.6 Å². The van der Waals surface area contributed by atoms with E-state index in [4.69, 9.17) is 0 Å². The molecule has 136 valence electrons. The Morgan fingerprint density at radius 3 is 2.44 bits per heavy atom. The molecule has 25 heavy (non-hydrogen) atoms. The topological polar surface area (TPSA) is 56.7 Å². The van der Waals surface area contributed by atoms with E-state index >= 15 is 0 Å². The number of halogens is 2. The summed E-state index contributed by atoms with van der Waals surface area (Å²) in [6, 6.07) is 14.0. The molecule has 2 aromatic carbocycles. The van der Waals surface area contributed by atoms with Crippen LogP contribution >= 0.6 is 24.0 Å². The van der Waals surface area contributed by atoms with Gasteiger partial charge in [0.2, 0.25) is 0 Å². The average Bonchev–Trinajstić information content (AvgIpc) is 2.59. The molecule has 1 atom stereocenters. The Kier molecular flexibility index (Phi) is 9.44.